The Kier molecular flexibility index (Phi) is 8.97. The van der Waals surface area contributed by atoms with E-state index >= 15 is 0 Å². The third-order valence-electron chi connectivity index (χ3n) is 1.91. The molecule has 0 aliphatic carbocycles. The Bertz CT molecular complexity index is 283. The fourth-order valence-corrected chi connectivity index (χ4v) is 2.16. The predicted octanol–water partition coefficient (Wildman–Crippen LogP) is 0.677. The van der Waals surface area contributed by atoms with Gasteiger partial charge in [-0.05, 0) is 12.7 Å². The first-order chi connectivity index (χ1) is 8.04. The Morgan fingerprint density at radius 1 is 1.29 bits per heavy atom. The third-order valence-corrected chi connectivity index (χ3v) is 3.50. The summed E-state index contributed by atoms with van der Waals surface area (Å²) in [6.45, 7) is 1.83. The zero-order chi connectivity index (χ0) is 13.3. The second-order valence-corrected chi connectivity index (χ2v) is 4.92. The molecule has 0 rings (SSSR count). The number of thioether (sulfide) groups is 2. The van der Waals surface area contributed by atoms with E-state index in [-0.39, 0.29) is 28.5 Å². The smallest absolute Gasteiger partial charge is 0.315 e. The van der Waals surface area contributed by atoms with Gasteiger partial charge in [0.2, 0.25) is 11.0 Å². The van der Waals surface area contributed by atoms with Crippen molar-refractivity contribution >= 4 is 40.5 Å². The third kappa shape index (κ3) is 7.27. The van der Waals surface area contributed by atoms with Crippen molar-refractivity contribution in [3.05, 3.63) is 0 Å². The summed E-state index contributed by atoms with van der Waals surface area (Å²) in [5.74, 6) is -0.326. The molecule has 7 heteroatoms. The van der Waals surface area contributed by atoms with Gasteiger partial charge in [-0.2, -0.15) is 0 Å². The van der Waals surface area contributed by atoms with Crippen LogP contribution in [0.3, 0.4) is 0 Å². The van der Waals surface area contributed by atoms with E-state index in [1.54, 1.807) is 6.26 Å². The van der Waals surface area contributed by atoms with Crippen LogP contribution >= 0.6 is 23.5 Å². The Hall–Kier alpha value is -0.690. The van der Waals surface area contributed by atoms with Crippen LogP contribution in [0.1, 0.15) is 13.3 Å². The van der Waals surface area contributed by atoms with Gasteiger partial charge in [0, 0.05) is 0 Å². The predicted molar refractivity (Wildman–Crippen MR) is 70.1 cm³/mol. The second-order valence-electron chi connectivity index (χ2n) is 3.12. The maximum Gasteiger partial charge on any atom is 0.315 e. The first kappa shape index (κ1) is 16.3. The topological polar surface area (TPSA) is 72.5 Å². The summed E-state index contributed by atoms with van der Waals surface area (Å²) in [5.41, 5.74) is 0. The van der Waals surface area contributed by atoms with Crippen molar-refractivity contribution in [1.29, 1.82) is 0 Å². The molecule has 1 unspecified atom stereocenters. The number of hydrogen-bond acceptors (Lipinski definition) is 6. The minimum atomic E-state index is -0.448. The van der Waals surface area contributed by atoms with Crippen LogP contribution in [0.5, 0.6) is 0 Å². The molecule has 0 fully saturated rings. The number of amides is 1. The van der Waals surface area contributed by atoms with Crippen molar-refractivity contribution in [3.8, 4) is 0 Å². The molecule has 17 heavy (non-hydrogen) atoms. The SMILES string of the molecule is CCC(NC(=O)CSCC(=O)OC)C(=O)SC. The number of nitrogens with one attached hydrogen (secondary N) is 1. The highest BCUT2D eigenvalue weighted by molar-refractivity contribution is 8.13. The van der Waals surface area contributed by atoms with Crippen molar-refractivity contribution in [2.24, 2.45) is 0 Å². The van der Waals surface area contributed by atoms with Gasteiger partial charge < -0.3 is 10.1 Å². The van der Waals surface area contributed by atoms with Gasteiger partial charge >= 0.3 is 5.97 Å². The fourth-order valence-electron chi connectivity index (χ4n) is 0.992. The van der Waals surface area contributed by atoms with E-state index in [4.69, 9.17) is 0 Å². The van der Waals surface area contributed by atoms with Crippen molar-refractivity contribution in [1.82, 2.24) is 5.32 Å². The summed E-state index contributed by atoms with van der Waals surface area (Å²) < 4.78 is 4.44. The van der Waals surface area contributed by atoms with Crippen LogP contribution in [0.4, 0.5) is 0 Å². The number of carbonyl (C=O) groups excluding carboxylic acids is 3. The van der Waals surface area contributed by atoms with E-state index in [1.807, 2.05) is 6.92 Å². The summed E-state index contributed by atoms with van der Waals surface area (Å²) in [6.07, 6.45) is 2.25. The molecule has 0 bridgehead atoms. The van der Waals surface area contributed by atoms with Crippen LogP contribution in [0, 0.1) is 0 Å². The molecular weight excluding hydrogens is 262 g/mol. The largest absolute Gasteiger partial charge is 0.468 e. The molecule has 0 aromatic carbocycles. The van der Waals surface area contributed by atoms with Crippen molar-refractivity contribution < 1.29 is 19.1 Å². The average molecular weight is 279 g/mol. The molecule has 0 saturated heterocycles. The molecule has 0 spiro atoms. The second kappa shape index (κ2) is 9.35. The number of methoxy groups -OCH3 is 1. The van der Waals surface area contributed by atoms with Crippen LogP contribution in [-0.2, 0) is 19.1 Å². The van der Waals surface area contributed by atoms with E-state index in [0.717, 1.165) is 23.5 Å². The quantitative estimate of drug-likeness (QED) is 0.691. The van der Waals surface area contributed by atoms with Crippen LogP contribution in [0.15, 0.2) is 0 Å². The average Bonchev–Trinajstić information content (AvgIpc) is 2.34. The Morgan fingerprint density at radius 2 is 1.94 bits per heavy atom. The summed E-state index contributed by atoms with van der Waals surface area (Å²) in [6, 6.07) is -0.448. The van der Waals surface area contributed by atoms with Gasteiger partial charge in [-0.25, -0.2) is 0 Å². The van der Waals surface area contributed by atoms with E-state index < -0.39 is 6.04 Å². The molecule has 1 N–H and O–H groups in total. The molecular formula is C10H17NO4S2. The first-order valence-corrected chi connectivity index (χ1v) is 7.44. The molecule has 1 amide bonds. The Morgan fingerprint density at radius 3 is 2.41 bits per heavy atom. The van der Waals surface area contributed by atoms with Crippen LogP contribution < -0.4 is 5.32 Å². The minimum Gasteiger partial charge on any atom is -0.468 e. The fraction of sp³-hybridized carbons (Fsp3) is 0.700. The maximum absolute atomic E-state index is 11.5. The molecule has 0 heterocycles. The van der Waals surface area contributed by atoms with E-state index in [0.29, 0.717) is 6.42 Å². The van der Waals surface area contributed by atoms with Crippen molar-refractivity contribution in [3.63, 3.8) is 0 Å². The lowest BCUT2D eigenvalue weighted by atomic mass is 10.2. The van der Waals surface area contributed by atoms with E-state index in [1.165, 1.54) is 7.11 Å². The monoisotopic (exact) mass is 279 g/mol. The number of rotatable bonds is 7. The van der Waals surface area contributed by atoms with Gasteiger partial charge in [-0.15, -0.1) is 11.8 Å². The van der Waals surface area contributed by atoms with Crippen molar-refractivity contribution in [2.45, 2.75) is 19.4 Å². The number of carbonyl (C=O) groups is 3. The van der Waals surface area contributed by atoms with Gasteiger partial charge in [0.15, 0.2) is 0 Å². The van der Waals surface area contributed by atoms with Gasteiger partial charge in [0.05, 0.1) is 24.7 Å². The molecule has 0 aromatic rings. The molecule has 5 nitrogen and oxygen atoms in total. The van der Waals surface area contributed by atoms with Crippen LogP contribution in [0.2, 0.25) is 0 Å². The lowest BCUT2D eigenvalue weighted by Crippen LogP contribution is -2.40. The maximum atomic E-state index is 11.5. The number of hydrogen-bond donors (Lipinski definition) is 1. The summed E-state index contributed by atoms with van der Waals surface area (Å²) in [4.78, 5) is 33.6. The molecule has 0 aromatic heterocycles. The summed E-state index contributed by atoms with van der Waals surface area (Å²) in [5, 5.41) is 2.57. The molecule has 0 aliphatic rings. The van der Waals surface area contributed by atoms with Crippen molar-refractivity contribution in [2.75, 3.05) is 24.9 Å². The minimum absolute atomic E-state index is 0.0567. The summed E-state index contributed by atoms with van der Waals surface area (Å²) >= 11 is 2.26. The Balaban J connectivity index is 3.91. The van der Waals surface area contributed by atoms with Crippen LogP contribution in [-0.4, -0.2) is 47.9 Å². The van der Waals surface area contributed by atoms with Gasteiger partial charge in [0.1, 0.15) is 0 Å². The van der Waals surface area contributed by atoms with E-state index in [2.05, 4.69) is 10.1 Å². The molecule has 0 aliphatic heterocycles. The number of ether oxygens (including phenoxy) is 1. The normalized spacial score (nSPS) is 11.7. The highest BCUT2D eigenvalue weighted by Crippen LogP contribution is 2.05. The first-order valence-electron chi connectivity index (χ1n) is 5.06. The van der Waals surface area contributed by atoms with Crippen LogP contribution in [0.25, 0.3) is 0 Å². The van der Waals surface area contributed by atoms with Gasteiger partial charge in [0.25, 0.3) is 0 Å². The zero-order valence-electron chi connectivity index (χ0n) is 10.1. The van der Waals surface area contributed by atoms with Gasteiger partial charge in [-0.3, -0.25) is 14.4 Å². The molecule has 98 valence electrons. The Labute approximate surface area is 109 Å². The molecule has 1 atom stereocenters. The van der Waals surface area contributed by atoms with E-state index in [9.17, 15) is 14.4 Å². The summed E-state index contributed by atoms with van der Waals surface area (Å²) in [7, 11) is 1.30. The lowest BCUT2D eigenvalue weighted by molar-refractivity contribution is -0.137. The molecule has 0 radical (unpaired) electrons. The number of esters is 1. The standard InChI is InChI=1S/C10H17NO4S2/c1-4-7(10(14)16-3)11-8(12)5-17-6-9(13)15-2/h7H,4-6H2,1-3H3,(H,11,12). The highest BCUT2D eigenvalue weighted by Gasteiger charge is 2.17. The molecule has 0 saturated carbocycles. The zero-order valence-corrected chi connectivity index (χ0v) is 11.8. The lowest BCUT2D eigenvalue weighted by Gasteiger charge is -2.13. The highest BCUT2D eigenvalue weighted by atomic mass is 32.2. The van der Waals surface area contributed by atoms with Gasteiger partial charge in [-0.1, -0.05) is 18.7 Å².